The largest absolute Gasteiger partial charge is 0.347 e. The van der Waals surface area contributed by atoms with E-state index in [1.807, 2.05) is 79.0 Å². The van der Waals surface area contributed by atoms with Gasteiger partial charge < -0.3 is 9.88 Å². The number of hydrogen-bond acceptors (Lipinski definition) is 2. The molecule has 0 fully saturated rings. The molecule has 0 unspecified atom stereocenters. The lowest BCUT2D eigenvalue weighted by atomic mass is 9.96. The number of benzene rings is 3. The molecule has 0 radical (unpaired) electrons. The molecule has 3 nitrogen and oxygen atoms in total. The van der Waals surface area contributed by atoms with Crippen molar-refractivity contribution in [3.05, 3.63) is 107 Å². The van der Waals surface area contributed by atoms with Gasteiger partial charge in [-0.2, -0.15) is 0 Å². The standard InChI is InChI=1S/C27H27ClN2O/c1-2-18-30-19-24(23-10-6-7-11-25(23)30)27(31)26(21-8-4-3-5-9-21)29-17-16-20-12-14-22(28)15-13-20/h3-15,19,26,29H,2,16-18H2,1H3/t26-/m1/s1. The summed E-state index contributed by atoms with van der Waals surface area (Å²) >= 11 is 6.00. The SMILES string of the molecule is CCCn1cc(C(=O)[C@H](NCCc2ccc(Cl)cc2)c2ccccc2)c2ccccc21. The second kappa shape index (κ2) is 9.95. The highest BCUT2D eigenvalue weighted by atomic mass is 35.5. The van der Waals surface area contributed by atoms with E-state index in [0.29, 0.717) is 6.54 Å². The van der Waals surface area contributed by atoms with Crippen molar-refractivity contribution in [2.24, 2.45) is 0 Å². The first-order valence-corrected chi connectivity index (χ1v) is 11.2. The van der Waals surface area contributed by atoms with Crippen LogP contribution >= 0.6 is 11.6 Å². The van der Waals surface area contributed by atoms with Crippen molar-refractivity contribution >= 4 is 28.3 Å². The van der Waals surface area contributed by atoms with Gasteiger partial charge in [-0.1, -0.05) is 79.2 Å². The third-order valence-electron chi connectivity index (χ3n) is 5.59. The van der Waals surface area contributed by atoms with Crippen molar-refractivity contribution in [1.82, 2.24) is 9.88 Å². The van der Waals surface area contributed by atoms with Crippen LogP contribution in [0, 0.1) is 0 Å². The number of nitrogens with one attached hydrogen (secondary N) is 1. The summed E-state index contributed by atoms with van der Waals surface area (Å²) in [6.07, 6.45) is 3.87. The Morgan fingerprint density at radius 1 is 0.968 bits per heavy atom. The number of halogens is 1. The van der Waals surface area contributed by atoms with Gasteiger partial charge in [0.05, 0.1) is 6.04 Å². The third-order valence-corrected chi connectivity index (χ3v) is 5.84. The van der Waals surface area contributed by atoms with Gasteiger partial charge in [0.15, 0.2) is 5.78 Å². The highest BCUT2D eigenvalue weighted by molar-refractivity contribution is 6.30. The zero-order valence-electron chi connectivity index (χ0n) is 17.7. The van der Waals surface area contributed by atoms with Crippen molar-refractivity contribution in [3.63, 3.8) is 0 Å². The number of carbonyl (C=O) groups excluding carboxylic acids is 1. The number of para-hydroxylation sites is 1. The highest BCUT2D eigenvalue weighted by Gasteiger charge is 2.24. The molecule has 0 aliphatic rings. The molecular weight excluding hydrogens is 404 g/mol. The van der Waals surface area contributed by atoms with Gasteiger partial charge in [0.1, 0.15) is 0 Å². The van der Waals surface area contributed by atoms with Crippen LogP contribution in [0.5, 0.6) is 0 Å². The van der Waals surface area contributed by atoms with Crippen LogP contribution in [0.15, 0.2) is 85.1 Å². The molecule has 0 spiro atoms. The maximum absolute atomic E-state index is 13.8. The average molecular weight is 431 g/mol. The van der Waals surface area contributed by atoms with E-state index >= 15 is 0 Å². The van der Waals surface area contributed by atoms with Crippen molar-refractivity contribution in [1.29, 1.82) is 0 Å². The lowest BCUT2D eigenvalue weighted by Gasteiger charge is -2.18. The Balaban J connectivity index is 1.62. The maximum Gasteiger partial charge on any atom is 0.186 e. The molecule has 4 aromatic rings. The van der Waals surface area contributed by atoms with E-state index in [9.17, 15) is 4.79 Å². The quantitative estimate of drug-likeness (QED) is 0.309. The van der Waals surface area contributed by atoms with Crippen LogP contribution in [0.25, 0.3) is 10.9 Å². The summed E-state index contributed by atoms with van der Waals surface area (Å²) in [5, 5.41) is 5.26. The van der Waals surface area contributed by atoms with Gasteiger partial charge in [0, 0.05) is 40.8 Å². The summed E-state index contributed by atoms with van der Waals surface area (Å²) in [7, 11) is 0. The lowest BCUT2D eigenvalue weighted by molar-refractivity contribution is 0.0944. The van der Waals surface area contributed by atoms with E-state index in [1.165, 1.54) is 5.56 Å². The lowest BCUT2D eigenvalue weighted by Crippen LogP contribution is -2.30. The van der Waals surface area contributed by atoms with Gasteiger partial charge in [-0.15, -0.1) is 0 Å². The molecule has 158 valence electrons. The summed E-state index contributed by atoms with van der Waals surface area (Å²) in [4.78, 5) is 13.8. The van der Waals surface area contributed by atoms with E-state index in [-0.39, 0.29) is 5.78 Å². The van der Waals surface area contributed by atoms with Crippen LogP contribution in [0.1, 0.15) is 40.9 Å². The smallest absolute Gasteiger partial charge is 0.186 e. The second-order valence-electron chi connectivity index (χ2n) is 7.79. The van der Waals surface area contributed by atoms with Crippen LogP contribution in [0.3, 0.4) is 0 Å². The minimum Gasteiger partial charge on any atom is -0.347 e. The van der Waals surface area contributed by atoms with Crippen molar-refractivity contribution < 1.29 is 4.79 Å². The Labute approximate surface area is 188 Å². The minimum atomic E-state index is -0.394. The summed E-state index contributed by atoms with van der Waals surface area (Å²) in [5.41, 5.74) is 4.06. The Morgan fingerprint density at radius 3 is 2.42 bits per heavy atom. The first-order chi connectivity index (χ1) is 15.2. The van der Waals surface area contributed by atoms with Crippen LogP contribution in [-0.2, 0) is 13.0 Å². The normalized spacial score (nSPS) is 12.2. The number of ketones is 1. The van der Waals surface area contributed by atoms with Crippen LogP contribution < -0.4 is 5.32 Å². The van der Waals surface area contributed by atoms with Crippen molar-refractivity contribution in [2.75, 3.05) is 6.54 Å². The van der Waals surface area contributed by atoms with Crippen LogP contribution in [-0.4, -0.2) is 16.9 Å². The van der Waals surface area contributed by atoms with Gasteiger partial charge in [-0.3, -0.25) is 4.79 Å². The van der Waals surface area contributed by atoms with E-state index in [2.05, 4.69) is 22.9 Å². The average Bonchev–Trinajstić information content (AvgIpc) is 3.17. The van der Waals surface area contributed by atoms with E-state index < -0.39 is 6.04 Å². The third kappa shape index (κ3) is 4.90. The fraction of sp³-hybridized carbons (Fsp3) is 0.222. The molecule has 3 aromatic carbocycles. The first kappa shape index (κ1) is 21.4. The molecule has 4 rings (SSSR count). The fourth-order valence-electron chi connectivity index (χ4n) is 4.04. The first-order valence-electron chi connectivity index (χ1n) is 10.8. The number of rotatable bonds is 9. The minimum absolute atomic E-state index is 0.105. The predicted octanol–water partition coefficient (Wildman–Crippen LogP) is 6.46. The zero-order chi connectivity index (χ0) is 21.6. The number of nitrogens with zero attached hydrogens (tertiary/aromatic N) is 1. The summed E-state index contributed by atoms with van der Waals surface area (Å²) in [5.74, 6) is 0.105. The molecule has 0 saturated carbocycles. The fourth-order valence-corrected chi connectivity index (χ4v) is 4.17. The highest BCUT2D eigenvalue weighted by Crippen LogP contribution is 2.27. The van der Waals surface area contributed by atoms with Gasteiger partial charge in [0.25, 0.3) is 0 Å². The Hall–Kier alpha value is -2.88. The number of Topliss-reactive ketones (excluding diaryl/α,β-unsaturated/α-hetero) is 1. The van der Waals surface area contributed by atoms with Gasteiger partial charge >= 0.3 is 0 Å². The molecule has 1 N–H and O–H groups in total. The summed E-state index contributed by atoms with van der Waals surface area (Å²) in [6.45, 7) is 3.75. The molecule has 0 aliphatic carbocycles. The molecule has 31 heavy (non-hydrogen) atoms. The van der Waals surface area contributed by atoms with Crippen LogP contribution in [0.2, 0.25) is 5.02 Å². The van der Waals surface area contributed by atoms with Crippen LogP contribution in [0.4, 0.5) is 0 Å². The van der Waals surface area contributed by atoms with Crippen molar-refractivity contribution in [2.45, 2.75) is 32.4 Å². The molecule has 0 saturated heterocycles. The maximum atomic E-state index is 13.8. The molecule has 1 atom stereocenters. The predicted molar refractivity (Wildman–Crippen MR) is 129 cm³/mol. The molecule has 0 amide bonds. The number of aryl methyl sites for hydroxylation is 1. The molecule has 0 bridgehead atoms. The van der Waals surface area contributed by atoms with Gasteiger partial charge in [-0.25, -0.2) is 0 Å². The van der Waals surface area contributed by atoms with E-state index in [1.54, 1.807) is 0 Å². The van der Waals surface area contributed by atoms with E-state index in [0.717, 1.165) is 46.4 Å². The summed E-state index contributed by atoms with van der Waals surface area (Å²) in [6, 6.07) is 25.6. The Bertz CT molecular complexity index is 1150. The second-order valence-corrected chi connectivity index (χ2v) is 8.23. The number of hydrogen-bond donors (Lipinski definition) is 1. The summed E-state index contributed by atoms with van der Waals surface area (Å²) < 4.78 is 2.19. The number of carbonyl (C=O) groups is 1. The molecule has 0 aliphatic heterocycles. The molecule has 4 heteroatoms. The molecular formula is C27H27ClN2O. The monoisotopic (exact) mass is 430 g/mol. The number of fused-ring (bicyclic) bond motifs is 1. The van der Waals surface area contributed by atoms with E-state index in [4.69, 9.17) is 11.6 Å². The molecule has 1 heterocycles. The number of aromatic nitrogens is 1. The molecule has 1 aromatic heterocycles. The van der Waals surface area contributed by atoms with Gasteiger partial charge in [-0.05, 0) is 42.2 Å². The Morgan fingerprint density at radius 2 is 1.68 bits per heavy atom. The zero-order valence-corrected chi connectivity index (χ0v) is 18.5. The topological polar surface area (TPSA) is 34.0 Å². The van der Waals surface area contributed by atoms with Gasteiger partial charge in [0.2, 0.25) is 0 Å². The Kier molecular flexibility index (Phi) is 6.86. The van der Waals surface area contributed by atoms with Crippen molar-refractivity contribution in [3.8, 4) is 0 Å².